The number of amides is 1. The number of aromatic nitrogens is 1. The van der Waals surface area contributed by atoms with Crippen molar-refractivity contribution in [1.29, 1.82) is 5.59 Å². The fourth-order valence-electron chi connectivity index (χ4n) is 2.71. The Balaban J connectivity index is 0.000000490. The summed E-state index contributed by atoms with van der Waals surface area (Å²) in [5.74, 6) is -0.0581. The van der Waals surface area contributed by atoms with Crippen LogP contribution in [0.25, 0.3) is 11.1 Å². The van der Waals surface area contributed by atoms with Gasteiger partial charge in [0.15, 0.2) is 0 Å². The topological polar surface area (TPSA) is 121 Å². The quantitative estimate of drug-likeness (QED) is 0.496. The summed E-state index contributed by atoms with van der Waals surface area (Å²) in [6.07, 6.45) is 0.815. The van der Waals surface area contributed by atoms with Gasteiger partial charge in [-0.15, -0.1) is 0 Å². The molecular weight excluding hydrogens is 448 g/mol. The molecule has 2 heterocycles. The van der Waals surface area contributed by atoms with Gasteiger partial charge in [0.2, 0.25) is 0 Å². The fraction of sp³-hybridized carbons (Fsp3) is 0.421. The molecule has 3 rings (SSSR count). The molecule has 0 aliphatic carbocycles. The molecule has 1 aromatic carbocycles. The van der Waals surface area contributed by atoms with Crippen LogP contribution < -0.4 is 11.1 Å². The zero-order valence-corrected chi connectivity index (χ0v) is 18.5. The Hall–Kier alpha value is -1.74. The van der Waals surface area contributed by atoms with Gasteiger partial charge in [-0.1, -0.05) is 29.3 Å². The normalized spacial score (nSPS) is 15.4. The van der Waals surface area contributed by atoms with Crippen molar-refractivity contribution in [3.63, 3.8) is 0 Å². The molecule has 0 fully saturated rings. The van der Waals surface area contributed by atoms with Crippen LogP contribution in [0.3, 0.4) is 0 Å². The molecule has 0 bridgehead atoms. The molecule has 0 spiro atoms. The van der Waals surface area contributed by atoms with E-state index in [4.69, 9.17) is 27.3 Å². The number of hydrogen-bond acceptors (Lipinski definition) is 5. The summed E-state index contributed by atoms with van der Waals surface area (Å²) in [4.78, 5) is 19.6. The average molecular weight is 474 g/mol. The molecule has 1 amide bonds. The number of aliphatic hydroxyl groups is 1. The maximum atomic E-state index is 12.1. The van der Waals surface area contributed by atoms with Gasteiger partial charge in [0.05, 0.1) is 16.2 Å². The predicted octanol–water partition coefficient (Wildman–Crippen LogP) is 4.31. The van der Waals surface area contributed by atoms with Gasteiger partial charge in [0.25, 0.3) is 5.91 Å². The number of nitroso groups, excluding NO2 is 1. The van der Waals surface area contributed by atoms with E-state index in [0.717, 1.165) is 22.2 Å². The van der Waals surface area contributed by atoms with Crippen LogP contribution in [-0.2, 0) is 0 Å². The Kier molecular flexibility index (Phi) is 9.29. The predicted molar refractivity (Wildman–Crippen MR) is 116 cm³/mol. The van der Waals surface area contributed by atoms with Crippen molar-refractivity contribution in [2.24, 2.45) is 5.73 Å². The monoisotopic (exact) mass is 472 g/mol. The molecule has 1 aliphatic heterocycles. The SMILES string of the molecule is CC(C)(C)O.N=O.NCCC1CNC(=O)c2cc(-c3cccc(Cl)c3)c(Br)n21. The third-order valence-corrected chi connectivity index (χ3v) is 4.75. The molecule has 9 heteroatoms. The lowest BCUT2D eigenvalue weighted by atomic mass is 10.1. The molecule has 2 aromatic rings. The second-order valence-electron chi connectivity index (χ2n) is 7.23. The van der Waals surface area contributed by atoms with Crippen molar-refractivity contribution in [3.8, 4) is 11.1 Å². The first-order valence-electron chi connectivity index (χ1n) is 8.69. The van der Waals surface area contributed by atoms with E-state index in [9.17, 15) is 4.79 Å². The van der Waals surface area contributed by atoms with Gasteiger partial charge >= 0.3 is 0 Å². The van der Waals surface area contributed by atoms with Crippen molar-refractivity contribution in [1.82, 2.24) is 9.88 Å². The van der Waals surface area contributed by atoms with Gasteiger partial charge in [0.1, 0.15) is 5.69 Å². The Morgan fingerprint density at radius 2 is 1.96 bits per heavy atom. The molecule has 0 saturated heterocycles. The first-order chi connectivity index (χ1) is 13.1. The van der Waals surface area contributed by atoms with Crippen LogP contribution in [0.5, 0.6) is 0 Å². The number of fused-ring (bicyclic) bond motifs is 1. The Bertz CT molecular complexity index is 799. The van der Waals surface area contributed by atoms with Crippen LogP contribution in [0.4, 0.5) is 0 Å². The number of carbonyl (C=O) groups is 1. The molecule has 28 heavy (non-hydrogen) atoms. The Morgan fingerprint density at radius 3 is 2.50 bits per heavy atom. The van der Waals surface area contributed by atoms with E-state index in [0.29, 0.717) is 23.8 Å². The van der Waals surface area contributed by atoms with Crippen LogP contribution in [0.1, 0.15) is 43.7 Å². The number of nitrogens with one attached hydrogen (secondary N) is 2. The van der Waals surface area contributed by atoms with Crippen molar-refractivity contribution >= 4 is 33.4 Å². The lowest BCUT2D eigenvalue weighted by molar-refractivity contribution is 0.0912. The maximum Gasteiger partial charge on any atom is 0.268 e. The molecule has 154 valence electrons. The van der Waals surface area contributed by atoms with Crippen LogP contribution in [0.15, 0.2) is 34.9 Å². The first-order valence-corrected chi connectivity index (χ1v) is 9.86. The minimum atomic E-state index is -0.500. The summed E-state index contributed by atoms with van der Waals surface area (Å²) in [6, 6.07) is 9.67. The number of halogens is 2. The third-order valence-electron chi connectivity index (χ3n) is 3.71. The van der Waals surface area contributed by atoms with Gasteiger partial charge in [-0.2, -0.15) is 4.91 Å². The smallest absolute Gasteiger partial charge is 0.268 e. The highest BCUT2D eigenvalue weighted by atomic mass is 79.9. The highest BCUT2D eigenvalue weighted by molar-refractivity contribution is 9.10. The first kappa shape index (κ1) is 24.3. The standard InChI is InChI=1S/C15H15BrClN3O.C4H10O.HNO/c16-14-12(9-2-1-3-10(17)6-9)7-13-15(21)19-8-11(4-5-18)20(13)14;1-4(2,3)5;1-2/h1-3,6-7,11H,4-5,8,18H2,(H,19,21);5H,1-3H3;1H. The lowest BCUT2D eigenvalue weighted by Crippen LogP contribution is -2.39. The van der Waals surface area contributed by atoms with Gasteiger partial charge in [-0.05, 0) is 73.4 Å². The summed E-state index contributed by atoms with van der Waals surface area (Å²) in [6.45, 7) is 6.41. The van der Waals surface area contributed by atoms with Crippen molar-refractivity contribution in [3.05, 3.63) is 50.6 Å². The molecule has 1 aliphatic rings. The second-order valence-corrected chi connectivity index (χ2v) is 8.41. The number of nitrogens with two attached hydrogens (primary N) is 1. The van der Waals surface area contributed by atoms with E-state index >= 15 is 0 Å². The molecule has 5 N–H and O–H groups in total. The molecule has 0 radical (unpaired) electrons. The minimum absolute atomic E-state index is 0.0581. The largest absolute Gasteiger partial charge is 0.391 e. The second kappa shape index (κ2) is 10.7. The molecule has 0 saturated carbocycles. The molecule has 1 unspecified atom stereocenters. The van der Waals surface area contributed by atoms with Crippen LogP contribution in [-0.4, -0.2) is 34.3 Å². The van der Waals surface area contributed by atoms with Crippen molar-refractivity contribution < 1.29 is 9.90 Å². The van der Waals surface area contributed by atoms with E-state index in [2.05, 4.69) is 26.8 Å². The average Bonchev–Trinajstić information content (AvgIpc) is 2.97. The minimum Gasteiger partial charge on any atom is -0.391 e. The van der Waals surface area contributed by atoms with Crippen LogP contribution in [0.2, 0.25) is 5.02 Å². The van der Waals surface area contributed by atoms with Crippen molar-refractivity contribution in [2.75, 3.05) is 13.1 Å². The maximum absolute atomic E-state index is 12.1. The summed E-state index contributed by atoms with van der Waals surface area (Å²) in [5, 5.41) is 12.1. The third kappa shape index (κ3) is 6.70. The molecule has 1 aromatic heterocycles. The highest BCUT2D eigenvalue weighted by Gasteiger charge is 2.28. The van der Waals surface area contributed by atoms with Crippen molar-refractivity contribution in [2.45, 2.75) is 38.8 Å². The summed E-state index contributed by atoms with van der Waals surface area (Å²) in [7, 11) is 0. The summed E-state index contributed by atoms with van der Waals surface area (Å²) in [5.41, 5.74) is 12.3. The van der Waals surface area contributed by atoms with Gasteiger partial charge in [-0.25, -0.2) is 0 Å². The van der Waals surface area contributed by atoms with Gasteiger partial charge in [-0.3, -0.25) is 4.79 Å². The molecular formula is C19H26BrClN4O3. The lowest BCUT2D eigenvalue weighted by Gasteiger charge is -2.27. The van der Waals surface area contributed by atoms with Gasteiger partial charge in [0, 0.05) is 17.1 Å². The van der Waals surface area contributed by atoms with E-state index in [1.807, 2.05) is 34.9 Å². The summed E-state index contributed by atoms with van der Waals surface area (Å²) >= 11 is 9.70. The number of benzene rings is 1. The number of carbonyl (C=O) groups excluding carboxylic acids is 1. The molecule has 7 nitrogen and oxygen atoms in total. The zero-order chi connectivity index (χ0) is 21.5. The Labute approximate surface area is 178 Å². The highest BCUT2D eigenvalue weighted by Crippen LogP contribution is 2.36. The summed E-state index contributed by atoms with van der Waals surface area (Å²) < 4.78 is 2.93. The zero-order valence-electron chi connectivity index (χ0n) is 16.1. The van der Waals surface area contributed by atoms with Gasteiger partial charge < -0.3 is 20.7 Å². The van der Waals surface area contributed by atoms with E-state index in [-0.39, 0.29) is 11.9 Å². The van der Waals surface area contributed by atoms with E-state index in [1.54, 1.807) is 20.8 Å². The Morgan fingerprint density at radius 1 is 1.36 bits per heavy atom. The van der Waals surface area contributed by atoms with E-state index < -0.39 is 5.60 Å². The van der Waals surface area contributed by atoms with E-state index in [1.165, 1.54) is 0 Å². The fourth-order valence-corrected chi connectivity index (χ4v) is 3.72. The van der Waals surface area contributed by atoms with Crippen LogP contribution in [0, 0.1) is 10.5 Å². The van der Waals surface area contributed by atoms with Crippen LogP contribution >= 0.6 is 27.5 Å². The number of hydrogen-bond donors (Lipinski definition) is 4. The number of nitrogens with zero attached hydrogens (tertiary/aromatic N) is 1. The number of rotatable bonds is 3. The molecule has 1 atom stereocenters.